The molecule has 1 N–H and O–H groups in total. The van der Waals surface area contributed by atoms with E-state index in [-0.39, 0.29) is 5.91 Å². The Kier molecular flexibility index (Phi) is 5.26. The van der Waals surface area contributed by atoms with Crippen LogP contribution in [0.25, 0.3) is 0 Å². The number of hydrogen-bond acceptors (Lipinski definition) is 1. The second kappa shape index (κ2) is 6.95. The molecule has 0 saturated heterocycles. The van der Waals surface area contributed by atoms with Gasteiger partial charge in [0.05, 0.1) is 0 Å². The van der Waals surface area contributed by atoms with Crippen molar-refractivity contribution in [2.45, 2.75) is 44.4 Å². The minimum absolute atomic E-state index is 0.152. The van der Waals surface area contributed by atoms with Gasteiger partial charge in [-0.2, -0.15) is 0 Å². The van der Waals surface area contributed by atoms with Crippen LogP contribution in [0, 0.1) is 12.8 Å². The van der Waals surface area contributed by atoms with E-state index in [1.165, 1.54) is 11.1 Å². The highest BCUT2D eigenvalue weighted by molar-refractivity contribution is 6.20. The molecule has 1 fully saturated rings. The Morgan fingerprint density at radius 2 is 2.26 bits per heavy atom. The number of aryl methyl sites for hydroxylation is 2. The van der Waals surface area contributed by atoms with Crippen LogP contribution in [0.15, 0.2) is 24.3 Å². The summed E-state index contributed by atoms with van der Waals surface area (Å²) in [6.45, 7) is 2.86. The minimum atomic E-state index is 0.152. The van der Waals surface area contributed by atoms with Gasteiger partial charge < -0.3 is 5.32 Å². The van der Waals surface area contributed by atoms with E-state index < -0.39 is 0 Å². The van der Waals surface area contributed by atoms with E-state index in [4.69, 9.17) is 11.6 Å². The predicted molar refractivity (Wildman–Crippen MR) is 79.5 cm³/mol. The fraction of sp³-hybridized carbons (Fsp3) is 0.562. The molecule has 2 nitrogen and oxygen atoms in total. The lowest BCUT2D eigenvalue weighted by molar-refractivity contribution is -0.121. The largest absolute Gasteiger partial charge is 0.356 e. The van der Waals surface area contributed by atoms with Crippen molar-refractivity contribution in [1.82, 2.24) is 5.32 Å². The van der Waals surface area contributed by atoms with E-state index in [9.17, 15) is 4.79 Å². The average Bonchev–Trinajstić information content (AvgIpc) is 2.80. The molecular formula is C16H22ClNO. The lowest BCUT2D eigenvalue weighted by Gasteiger charge is -2.11. The molecule has 1 aromatic carbocycles. The van der Waals surface area contributed by atoms with Gasteiger partial charge in [0.2, 0.25) is 5.91 Å². The van der Waals surface area contributed by atoms with Crippen LogP contribution in [0.2, 0.25) is 0 Å². The fourth-order valence-electron chi connectivity index (χ4n) is 2.67. The molecule has 2 rings (SSSR count). The van der Waals surface area contributed by atoms with Crippen LogP contribution in [0.3, 0.4) is 0 Å². The van der Waals surface area contributed by atoms with E-state index in [0.717, 1.165) is 32.2 Å². The minimum Gasteiger partial charge on any atom is -0.356 e. The molecular weight excluding hydrogens is 258 g/mol. The Morgan fingerprint density at radius 1 is 1.42 bits per heavy atom. The first-order valence-electron chi connectivity index (χ1n) is 7.10. The summed E-state index contributed by atoms with van der Waals surface area (Å²) >= 11 is 6.07. The predicted octanol–water partition coefficient (Wildman–Crippen LogP) is 3.45. The highest BCUT2D eigenvalue weighted by Crippen LogP contribution is 2.28. The third-order valence-electron chi connectivity index (χ3n) is 3.79. The molecule has 0 spiro atoms. The summed E-state index contributed by atoms with van der Waals surface area (Å²) in [4.78, 5) is 11.8. The van der Waals surface area contributed by atoms with Gasteiger partial charge in [-0.05, 0) is 44.1 Å². The van der Waals surface area contributed by atoms with Crippen molar-refractivity contribution in [3.05, 3.63) is 35.4 Å². The lowest BCUT2D eigenvalue weighted by Crippen LogP contribution is -2.28. The summed E-state index contributed by atoms with van der Waals surface area (Å²) < 4.78 is 0. The van der Waals surface area contributed by atoms with Gasteiger partial charge in [0.1, 0.15) is 0 Å². The molecule has 104 valence electrons. The van der Waals surface area contributed by atoms with Gasteiger partial charge in [-0.1, -0.05) is 29.8 Å². The van der Waals surface area contributed by atoms with Crippen LogP contribution < -0.4 is 5.32 Å². The summed E-state index contributed by atoms with van der Waals surface area (Å²) in [5.74, 6) is 0.727. The Hall–Kier alpha value is -1.02. The van der Waals surface area contributed by atoms with Gasteiger partial charge in [0, 0.05) is 18.3 Å². The Balaban J connectivity index is 1.67. The summed E-state index contributed by atoms with van der Waals surface area (Å²) in [6.07, 6.45) is 4.66. The van der Waals surface area contributed by atoms with E-state index in [0.29, 0.717) is 17.7 Å². The van der Waals surface area contributed by atoms with Crippen LogP contribution in [-0.4, -0.2) is 17.8 Å². The molecule has 2 unspecified atom stereocenters. The number of alkyl halides is 1. The van der Waals surface area contributed by atoms with Crippen molar-refractivity contribution in [3.63, 3.8) is 0 Å². The monoisotopic (exact) mass is 279 g/mol. The van der Waals surface area contributed by atoms with Gasteiger partial charge in [-0.3, -0.25) is 4.79 Å². The third-order valence-corrected chi connectivity index (χ3v) is 4.18. The van der Waals surface area contributed by atoms with E-state index >= 15 is 0 Å². The number of carbonyl (C=O) groups is 1. The van der Waals surface area contributed by atoms with Crippen LogP contribution >= 0.6 is 11.6 Å². The maximum Gasteiger partial charge on any atom is 0.220 e. The summed E-state index contributed by atoms with van der Waals surface area (Å²) in [7, 11) is 0. The fourth-order valence-corrected chi connectivity index (χ4v) is 3.05. The molecule has 2 atom stereocenters. The maximum absolute atomic E-state index is 11.8. The highest BCUT2D eigenvalue weighted by Gasteiger charge is 2.22. The van der Waals surface area contributed by atoms with Crippen LogP contribution in [0.4, 0.5) is 0 Å². The van der Waals surface area contributed by atoms with Gasteiger partial charge in [-0.15, -0.1) is 11.6 Å². The maximum atomic E-state index is 11.8. The molecule has 1 aliphatic rings. The Bertz CT molecular complexity index is 433. The summed E-state index contributed by atoms with van der Waals surface area (Å²) in [5, 5.41) is 3.35. The van der Waals surface area contributed by atoms with Crippen molar-refractivity contribution in [1.29, 1.82) is 0 Å². The first-order valence-corrected chi connectivity index (χ1v) is 7.53. The van der Waals surface area contributed by atoms with E-state index in [1.54, 1.807) is 0 Å². The van der Waals surface area contributed by atoms with Crippen LogP contribution in [0.5, 0.6) is 0 Å². The van der Waals surface area contributed by atoms with E-state index in [1.807, 2.05) is 6.07 Å². The molecule has 1 saturated carbocycles. The quantitative estimate of drug-likeness (QED) is 0.822. The Labute approximate surface area is 120 Å². The average molecular weight is 280 g/mol. The second-order valence-corrected chi connectivity index (χ2v) is 6.19. The molecule has 0 bridgehead atoms. The van der Waals surface area contributed by atoms with Gasteiger partial charge in [0.25, 0.3) is 0 Å². The van der Waals surface area contributed by atoms with Crippen molar-refractivity contribution in [3.8, 4) is 0 Å². The number of carbonyl (C=O) groups excluding carboxylic acids is 1. The van der Waals surface area contributed by atoms with Gasteiger partial charge in [-0.25, -0.2) is 0 Å². The molecule has 1 aliphatic carbocycles. The van der Waals surface area contributed by atoms with Crippen molar-refractivity contribution >= 4 is 17.5 Å². The second-order valence-electron chi connectivity index (χ2n) is 5.57. The normalized spacial score (nSPS) is 22.4. The zero-order valence-electron chi connectivity index (χ0n) is 11.5. The molecule has 0 radical (unpaired) electrons. The SMILES string of the molecule is Cc1cccc(CCC(=O)NCC2CCC(Cl)C2)c1. The topological polar surface area (TPSA) is 29.1 Å². The number of hydrogen-bond donors (Lipinski definition) is 1. The molecule has 0 heterocycles. The van der Waals surface area contributed by atoms with Crippen molar-refractivity contribution in [2.24, 2.45) is 5.92 Å². The third kappa shape index (κ3) is 4.87. The lowest BCUT2D eigenvalue weighted by atomic mass is 10.1. The number of benzene rings is 1. The molecule has 19 heavy (non-hydrogen) atoms. The molecule has 1 amide bonds. The smallest absolute Gasteiger partial charge is 0.220 e. The molecule has 1 aromatic rings. The number of halogens is 1. The molecule has 0 aromatic heterocycles. The standard InChI is InChI=1S/C16H22ClNO/c1-12-3-2-4-13(9-12)6-8-16(19)18-11-14-5-7-15(17)10-14/h2-4,9,14-15H,5-8,10-11H2,1H3,(H,18,19). The zero-order valence-corrected chi connectivity index (χ0v) is 12.2. The number of rotatable bonds is 5. The molecule has 3 heteroatoms. The van der Waals surface area contributed by atoms with E-state index in [2.05, 4.69) is 30.4 Å². The highest BCUT2D eigenvalue weighted by atomic mass is 35.5. The Morgan fingerprint density at radius 3 is 2.95 bits per heavy atom. The van der Waals surface area contributed by atoms with Crippen molar-refractivity contribution < 1.29 is 4.79 Å². The number of nitrogens with one attached hydrogen (secondary N) is 1. The molecule has 0 aliphatic heterocycles. The first kappa shape index (κ1) is 14.4. The first-order chi connectivity index (χ1) is 9.13. The van der Waals surface area contributed by atoms with Crippen LogP contribution in [-0.2, 0) is 11.2 Å². The van der Waals surface area contributed by atoms with Crippen LogP contribution in [0.1, 0.15) is 36.8 Å². The van der Waals surface area contributed by atoms with Gasteiger partial charge >= 0.3 is 0 Å². The summed E-state index contributed by atoms with van der Waals surface area (Å²) in [5.41, 5.74) is 2.48. The summed E-state index contributed by atoms with van der Waals surface area (Å²) in [6, 6.07) is 8.34. The van der Waals surface area contributed by atoms with Crippen molar-refractivity contribution in [2.75, 3.05) is 6.54 Å². The number of amides is 1. The zero-order chi connectivity index (χ0) is 13.7. The van der Waals surface area contributed by atoms with Gasteiger partial charge in [0.15, 0.2) is 0 Å².